The lowest BCUT2D eigenvalue weighted by molar-refractivity contribution is -0.134. The molecule has 2 fully saturated rings. The summed E-state index contributed by atoms with van der Waals surface area (Å²) in [6.07, 6.45) is 0.672. The molecule has 0 aromatic heterocycles. The van der Waals surface area contributed by atoms with E-state index in [1.165, 1.54) is 0 Å². The Balaban J connectivity index is 1.83. The molecular weight excluding hydrogens is 306 g/mol. The van der Waals surface area contributed by atoms with Gasteiger partial charge in [-0.2, -0.15) is 0 Å². The summed E-state index contributed by atoms with van der Waals surface area (Å²) in [6, 6.07) is -0.170. The second-order valence-corrected chi connectivity index (χ2v) is 8.78. The van der Waals surface area contributed by atoms with Crippen molar-refractivity contribution in [2.24, 2.45) is 0 Å². The van der Waals surface area contributed by atoms with Crippen molar-refractivity contribution >= 4 is 15.7 Å². The summed E-state index contributed by atoms with van der Waals surface area (Å²) in [4.78, 5) is 18.2. The molecule has 2 heterocycles. The molecule has 0 unspecified atom stereocenters. The molecule has 2 saturated heterocycles. The maximum Gasteiger partial charge on any atom is 0.236 e. The first kappa shape index (κ1) is 17.7. The van der Waals surface area contributed by atoms with Crippen LogP contribution in [0, 0.1) is 0 Å². The minimum atomic E-state index is -2.96. The topological polar surface area (TPSA) is 70.2 Å². The Labute approximate surface area is 133 Å². The molecule has 7 nitrogen and oxygen atoms in total. The van der Waals surface area contributed by atoms with Crippen molar-refractivity contribution in [3.05, 3.63) is 0 Å². The van der Waals surface area contributed by atoms with E-state index in [1.807, 2.05) is 14.1 Å². The highest BCUT2D eigenvalue weighted by Gasteiger charge is 2.33. The number of hydrogen-bond donors (Lipinski definition) is 0. The molecule has 0 spiro atoms. The largest absolute Gasteiger partial charge is 0.374 e. The standard InChI is InChI=1S/C14H27N3O4S/c1-15(2)8-13-9-17(5-6-21-13)10-14(18)16(3)12-4-7-22(19,20)11-12/h12-13H,4-11H2,1-3H3/t12-,13+/m0/s1. The molecule has 128 valence electrons. The van der Waals surface area contributed by atoms with Crippen LogP contribution in [0.15, 0.2) is 0 Å². The maximum atomic E-state index is 12.4. The summed E-state index contributed by atoms with van der Waals surface area (Å²) in [6.45, 7) is 3.28. The SMILES string of the molecule is CN(C)C[C@@H]1CN(CC(=O)N(C)[C@H]2CCS(=O)(=O)C2)CCO1. The smallest absolute Gasteiger partial charge is 0.236 e. The number of ether oxygens (including phenoxy) is 1. The van der Waals surface area contributed by atoms with Gasteiger partial charge in [0.25, 0.3) is 0 Å². The van der Waals surface area contributed by atoms with Gasteiger partial charge in [0.2, 0.25) is 5.91 Å². The number of hydrogen-bond acceptors (Lipinski definition) is 6. The van der Waals surface area contributed by atoms with Crippen LogP contribution in [0.3, 0.4) is 0 Å². The molecule has 0 aliphatic carbocycles. The van der Waals surface area contributed by atoms with Crippen molar-refractivity contribution in [2.45, 2.75) is 18.6 Å². The quantitative estimate of drug-likeness (QED) is 0.636. The lowest BCUT2D eigenvalue weighted by atomic mass is 10.2. The van der Waals surface area contributed by atoms with Crippen molar-refractivity contribution in [3.63, 3.8) is 0 Å². The van der Waals surface area contributed by atoms with E-state index >= 15 is 0 Å². The van der Waals surface area contributed by atoms with Crippen molar-refractivity contribution in [3.8, 4) is 0 Å². The molecule has 2 atom stereocenters. The first-order valence-electron chi connectivity index (χ1n) is 7.71. The Kier molecular flexibility index (Phi) is 5.81. The summed E-state index contributed by atoms with van der Waals surface area (Å²) < 4.78 is 28.8. The van der Waals surface area contributed by atoms with E-state index in [0.29, 0.717) is 19.6 Å². The summed E-state index contributed by atoms with van der Waals surface area (Å²) >= 11 is 0. The Morgan fingerprint density at radius 3 is 2.64 bits per heavy atom. The Hall–Kier alpha value is -0.700. The number of rotatable bonds is 5. The normalized spacial score (nSPS) is 28.9. The van der Waals surface area contributed by atoms with Crippen LogP contribution in [0.2, 0.25) is 0 Å². The molecule has 0 radical (unpaired) electrons. The summed E-state index contributed by atoms with van der Waals surface area (Å²) in [5, 5.41) is 0. The Morgan fingerprint density at radius 1 is 1.32 bits per heavy atom. The molecule has 0 N–H and O–H groups in total. The van der Waals surface area contributed by atoms with Gasteiger partial charge in [0, 0.05) is 32.7 Å². The molecule has 0 bridgehead atoms. The fourth-order valence-electron chi connectivity index (χ4n) is 3.03. The van der Waals surface area contributed by atoms with E-state index < -0.39 is 9.84 Å². The van der Waals surface area contributed by atoms with Gasteiger partial charge in [0.1, 0.15) is 0 Å². The monoisotopic (exact) mass is 333 g/mol. The van der Waals surface area contributed by atoms with Crippen LogP contribution < -0.4 is 0 Å². The second-order valence-electron chi connectivity index (χ2n) is 6.55. The van der Waals surface area contributed by atoms with Gasteiger partial charge in [-0.15, -0.1) is 0 Å². The molecule has 1 amide bonds. The highest BCUT2D eigenvalue weighted by atomic mass is 32.2. The van der Waals surface area contributed by atoms with Crippen LogP contribution in [-0.2, 0) is 19.4 Å². The van der Waals surface area contributed by atoms with Gasteiger partial charge in [0.05, 0.1) is 30.8 Å². The fraction of sp³-hybridized carbons (Fsp3) is 0.929. The van der Waals surface area contributed by atoms with E-state index in [9.17, 15) is 13.2 Å². The van der Waals surface area contributed by atoms with Crippen LogP contribution >= 0.6 is 0 Å². The molecular formula is C14H27N3O4S. The lowest BCUT2D eigenvalue weighted by Gasteiger charge is -2.35. The van der Waals surface area contributed by atoms with Gasteiger partial charge in [-0.1, -0.05) is 0 Å². The number of carbonyl (C=O) groups is 1. The minimum absolute atomic E-state index is 0.00685. The molecule has 2 rings (SSSR count). The van der Waals surface area contributed by atoms with E-state index in [2.05, 4.69) is 9.80 Å². The number of carbonyl (C=O) groups excluding carboxylic acids is 1. The zero-order chi connectivity index (χ0) is 16.3. The third-order valence-corrected chi connectivity index (χ3v) is 6.05. The molecule has 0 aromatic carbocycles. The van der Waals surface area contributed by atoms with E-state index in [1.54, 1.807) is 11.9 Å². The zero-order valence-electron chi connectivity index (χ0n) is 13.7. The molecule has 0 saturated carbocycles. The average molecular weight is 333 g/mol. The first-order valence-corrected chi connectivity index (χ1v) is 9.54. The first-order chi connectivity index (χ1) is 10.3. The van der Waals surface area contributed by atoms with Gasteiger partial charge < -0.3 is 14.5 Å². The van der Waals surface area contributed by atoms with Crippen LogP contribution in [-0.4, -0.2) is 107 Å². The van der Waals surface area contributed by atoms with Gasteiger partial charge >= 0.3 is 0 Å². The molecule has 8 heteroatoms. The maximum absolute atomic E-state index is 12.4. The van der Waals surface area contributed by atoms with Gasteiger partial charge in [-0.05, 0) is 20.5 Å². The highest BCUT2D eigenvalue weighted by Crippen LogP contribution is 2.17. The minimum Gasteiger partial charge on any atom is -0.374 e. The predicted octanol–water partition coefficient (Wildman–Crippen LogP) is -1.11. The van der Waals surface area contributed by atoms with Crippen LogP contribution in [0.25, 0.3) is 0 Å². The van der Waals surface area contributed by atoms with E-state index in [-0.39, 0.29) is 29.6 Å². The third-order valence-electron chi connectivity index (χ3n) is 4.30. The third kappa shape index (κ3) is 4.91. The average Bonchev–Trinajstić information content (AvgIpc) is 2.77. The number of morpholine rings is 1. The van der Waals surface area contributed by atoms with E-state index in [0.717, 1.165) is 19.6 Å². The number of nitrogens with zero attached hydrogens (tertiary/aromatic N) is 3. The van der Waals surface area contributed by atoms with Crippen LogP contribution in [0.4, 0.5) is 0 Å². The predicted molar refractivity (Wildman–Crippen MR) is 84.6 cm³/mol. The molecule has 2 aliphatic heterocycles. The van der Waals surface area contributed by atoms with Gasteiger partial charge in [-0.25, -0.2) is 8.42 Å². The van der Waals surface area contributed by atoms with Gasteiger partial charge in [0.15, 0.2) is 9.84 Å². The van der Waals surface area contributed by atoms with Crippen LogP contribution in [0.1, 0.15) is 6.42 Å². The van der Waals surface area contributed by atoms with E-state index in [4.69, 9.17) is 4.74 Å². The van der Waals surface area contributed by atoms with Crippen molar-refractivity contribution in [1.29, 1.82) is 0 Å². The number of sulfone groups is 1. The summed E-state index contributed by atoms with van der Waals surface area (Å²) in [5.74, 6) is 0.284. The second kappa shape index (κ2) is 7.25. The van der Waals surface area contributed by atoms with Crippen molar-refractivity contribution < 1.29 is 17.9 Å². The fourth-order valence-corrected chi connectivity index (χ4v) is 4.80. The highest BCUT2D eigenvalue weighted by molar-refractivity contribution is 7.91. The summed E-state index contributed by atoms with van der Waals surface area (Å²) in [5.41, 5.74) is 0. The Morgan fingerprint density at radius 2 is 2.05 bits per heavy atom. The molecule has 0 aromatic rings. The number of amides is 1. The van der Waals surface area contributed by atoms with Crippen LogP contribution in [0.5, 0.6) is 0 Å². The lowest BCUT2D eigenvalue weighted by Crippen LogP contribution is -2.51. The van der Waals surface area contributed by atoms with Gasteiger partial charge in [-0.3, -0.25) is 9.69 Å². The Bertz CT molecular complexity index is 494. The molecule has 2 aliphatic rings. The summed E-state index contributed by atoms with van der Waals surface area (Å²) in [7, 11) is 2.76. The number of likely N-dealkylation sites (N-methyl/N-ethyl adjacent to an activating group) is 2. The van der Waals surface area contributed by atoms with Crippen molar-refractivity contribution in [2.75, 3.05) is 65.4 Å². The zero-order valence-corrected chi connectivity index (χ0v) is 14.5. The van der Waals surface area contributed by atoms with Crippen molar-refractivity contribution in [1.82, 2.24) is 14.7 Å². The molecule has 22 heavy (non-hydrogen) atoms.